The zero-order valence-electron chi connectivity index (χ0n) is 11.5. The molecule has 3 rings (SSSR count). The molecule has 4 heteroatoms. The second kappa shape index (κ2) is 6.09. The van der Waals surface area contributed by atoms with Gasteiger partial charge in [0.15, 0.2) is 5.78 Å². The van der Waals surface area contributed by atoms with Crippen LogP contribution in [0.3, 0.4) is 0 Å². The molecule has 0 saturated heterocycles. The van der Waals surface area contributed by atoms with E-state index >= 15 is 0 Å². The van der Waals surface area contributed by atoms with Gasteiger partial charge in [0.25, 0.3) is 0 Å². The maximum atomic E-state index is 11.4. The first-order chi connectivity index (χ1) is 9.81. The predicted molar refractivity (Wildman–Crippen MR) is 79.1 cm³/mol. The first-order valence-electron chi connectivity index (χ1n) is 7.22. The van der Waals surface area contributed by atoms with Crippen molar-refractivity contribution in [3.05, 3.63) is 36.5 Å². The van der Waals surface area contributed by atoms with Gasteiger partial charge in [-0.2, -0.15) is 0 Å². The summed E-state index contributed by atoms with van der Waals surface area (Å²) in [6.45, 7) is 2.05. The Bertz CT molecular complexity index is 492. The monoisotopic (exact) mass is 272 g/mol. The number of Topliss-reactive ketones (excluding diaryl/α,β-unsaturated/α-hetero) is 1. The van der Waals surface area contributed by atoms with Crippen molar-refractivity contribution in [3.63, 3.8) is 0 Å². The summed E-state index contributed by atoms with van der Waals surface area (Å²) in [5, 5.41) is 3.41. The molecule has 1 aromatic rings. The highest BCUT2D eigenvalue weighted by molar-refractivity contribution is 5.86. The molecule has 4 nitrogen and oxygen atoms in total. The standard InChI is InChI=1S/C16H20N2O2/c19-15-2-1-10-18(12-15)14-5-7-16(8-6-14)20-11-9-17-13-3-4-13/h1,5-8,10,13,17H,2-4,9,11-12H2. The molecule has 1 N–H and O–H groups in total. The zero-order chi connectivity index (χ0) is 13.8. The van der Waals surface area contributed by atoms with Gasteiger partial charge in [-0.05, 0) is 37.1 Å². The highest BCUT2D eigenvalue weighted by Crippen LogP contribution is 2.21. The molecule has 1 saturated carbocycles. The Labute approximate surface area is 119 Å². The fourth-order valence-corrected chi connectivity index (χ4v) is 2.25. The molecule has 1 aliphatic heterocycles. The van der Waals surface area contributed by atoms with Crippen LogP contribution in [0.2, 0.25) is 0 Å². The minimum atomic E-state index is 0.249. The highest BCUT2D eigenvalue weighted by Gasteiger charge is 2.19. The largest absolute Gasteiger partial charge is 0.492 e. The maximum Gasteiger partial charge on any atom is 0.156 e. The normalized spacial score (nSPS) is 18.4. The number of anilines is 1. The molecular weight excluding hydrogens is 252 g/mol. The first kappa shape index (κ1) is 13.2. The van der Waals surface area contributed by atoms with Crippen LogP contribution in [0.4, 0.5) is 5.69 Å². The Hall–Kier alpha value is -1.81. The van der Waals surface area contributed by atoms with E-state index in [-0.39, 0.29) is 5.78 Å². The Kier molecular flexibility index (Phi) is 4.02. The number of allylic oxidation sites excluding steroid dienone is 1. The number of benzene rings is 1. The number of nitrogens with zero attached hydrogens (tertiary/aromatic N) is 1. The van der Waals surface area contributed by atoms with Crippen LogP contribution in [0.25, 0.3) is 0 Å². The topological polar surface area (TPSA) is 41.6 Å². The Morgan fingerprint density at radius 3 is 2.75 bits per heavy atom. The van der Waals surface area contributed by atoms with E-state index in [4.69, 9.17) is 4.74 Å². The van der Waals surface area contributed by atoms with Crippen molar-refractivity contribution in [2.45, 2.75) is 25.3 Å². The molecular formula is C16H20N2O2. The van der Waals surface area contributed by atoms with Crippen molar-refractivity contribution in [2.75, 3.05) is 24.6 Å². The van der Waals surface area contributed by atoms with Gasteiger partial charge >= 0.3 is 0 Å². The highest BCUT2D eigenvalue weighted by atomic mass is 16.5. The van der Waals surface area contributed by atoms with Crippen molar-refractivity contribution in [1.29, 1.82) is 0 Å². The summed E-state index contributed by atoms with van der Waals surface area (Å²) in [7, 11) is 0. The number of nitrogens with one attached hydrogen (secondary N) is 1. The number of rotatable bonds is 6. The van der Waals surface area contributed by atoms with Gasteiger partial charge in [0, 0.05) is 30.9 Å². The molecule has 0 amide bonds. The quantitative estimate of drug-likeness (QED) is 0.805. The third kappa shape index (κ3) is 3.61. The molecule has 0 atom stereocenters. The van der Waals surface area contributed by atoms with Crippen LogP contribution in [0.5, 0.6) is 5.75 Å². The van der Waals surface area contributed by atoms with E-state index in [1.807, 2.05) is 41.4 Å². The number of ether oxygens (including phenoxy) is 1. The number of carbonyl (C=O) groups excluding carboxylic acids is 1. The van der Waals surface area contributed by atoms with Crippen molar-refractivity contribution in [2.24, 2.45) is 0 Å². The van der Waals surface area contributed by atoms with E-state index < -0.39 is 0 Å². The lowest BCUT2D eigenvalue weighted by atomic mass is 10.2. The molecule has 106 valence electrons. The minimum Gasteiger partial charge on any atom is -0.492 e. The van der Waals surface area contributed by atoms with Crippen LogP contribution in [-0.2, 0) is 4.79 Å². The average molecular weight is 272 g/mol. The van der Waals surface area contributed by atoms with E-state index in [9.17, 15) is 4.79 Å². The SMILES string of the molecule is O=C1CC=CN(c2ccc(OCCNC3CC3)cc2)C1. The summed E-state index contributed by atoms with van der Waals surface area (Å²) >= 11 is 0. The fourth-order valence-electron chi connectivity index (χ4n) is 2.25. The van der Waals surface area contributed by atoms with Gasteiger partial charge < -0.3 is 15.0 Å². The van der Waals surface area contributed by atoms with Crippen LogP contribution in [0, 0.1) is 0 Å². The summed E-state index contributed by atoms with van der Waals surface area (Å²) in [5.41, 5.74) is 1.03. The summed E-state index contributed by atoms with van der Waals surface area (Å²) in [6, 6.07) is 8.63. The van der Waals surface area contributed by atoms with E-state index in [0.717, 1.165) is 24.0 Å². The molecule has 1 fully saturated rings. The Balaban J connectivity index is 1.49. The summed E-state index contributed by atoms with van der Waals surface area (Å²) in [5.74, 6) is 1.12. The molecule has 0 unspecified atom stereocenters. The summed E-state index contributed by atoms with van der Waals surface area (Å²) in [6.07, 6.45) is 7.02. The molecule has 1 aromatic carbocycles. The van der Waals surface area contributed by atoms with E-state index in [2.05, 4.69) is 5.32 Å². The van der Waals surface area contributed by atoms with Crippen LogP contribution < -0.4 is 15.0 Å². The zero-order valence-corrected chi connectivity index (χ0v) is 11.5. The van der Waals surface area contributed by atoms with Crippen LogP contribution >= 0.6 is 0 Å². The molecule has 0 bridgehead atoms. The molecule has 2 aliphatic rings. The van der Waals surface area contributed by atoms with Gasteiger partial charge in [-0.15, -0.1) is 0 Å². The summed E-state index contributed by atoms with van der Waals surface area (Å²) < 4.78 is 5.68. The fraction of sp³-hybridized carbons (Fsp3) is 0.438. The van der Waals surface area contributed by atoms with Crippen LogP contribution in [0.1, 0.15) is 19.3 Å². The van der Waals surface area contributed by atoms with Crippen molar-refractivity contribution < 1.29 is 9.53 Å². The lowest BCUT2D eigenvalue weighted by molar-refractivity contribution is -0.117. The summed E-state index contributed by atoms with van der Waals surface area (Å²) in [4.78, 5) is 13.4. The second-order valence-corrected chi connectivity index (χ2v) is 5.33. The Morgan fingerprint density at radius 1 is 1.25 bits per heavy atom. The predicted octanol–water partition coefficient (Wildman–Crippen LogP) is 2.11. The second-order valence-electron chi connectivity index (χ2n) is 5.33. The number of ketones is 1. The van der Waals surface area contributed by atoms with Crippen LogP contribution in [-0.4, -0.2) is 31.5 Å². The van der Waals surface area contributed by atoms with E-state index in [1.54, 1.807) is 0 Å². The van der Waals surface area contributed by atoms with Gasteiger partial charge in [-0.1, -0.05) is 6.08 Å². The van der Waals surface area contributed by atoms with Crippen molar-refractivity contribution in [1.82, 2.24) is 5.32 Å². The molecule has 20 heavy (non-hydrogen) atoms. The number of hydrogen-bond donors (Lipinski definition) is 1. The molecule has 1 heterocycles. The third-order valence-electron chi connectivity index (χ3n) is 3.53. The lowest BCUT2D eigenvalue weighted by Gasteiger charge is -2.22. The molecule has 0 radical (unpaired) electrons. The molecule has 0 aromatic heterocycles. The maximum absolute atomic E-state index is 11.4. The minimum absolute atomic E-state index is 0.249. The van der Waals surface area contributed by atoms with Crippen molar-refractivity contribution in [3.8, 4) is 5.75 Å². The van der Waals surface area contributed by atoms with Gasteiger partial charge in [0.05, 0.1) is 6.54 Å². The first-order valence-corrected chi connectivity index (χ1v) is 7.22. The molecule has 0 spiro atoms. The smallest absolute Gasteiger partial charge is 0.156 e. The molecule has 1 aliphatic carbocycles. The Morgan fingerprint density at radius 2 is 2.05 bits per heavy atom. The van der Waals surface area contributed by atoms with Gasteiger partial charge in [-0.3, -0.25) is 4.79 Å². The van der Waals surface area contributed by atoms with E-state index in [1.165, 1.54) is 12.8 Å². The van der Waals surface area contributed by atoms with Gasteiger partial charge in [0.1, 0.15) is 12.4 Å². The third-order valence-corrected chi connectivity index (χ3v) is 3.53. The van der Waals surface area contributed by atoms with Crippen molar-refractivity contribution >= 4 is 11.5 Å². The van der Waals surface area contributed by atoms with Crippen LogP contribution in [0.15, 0.2) is 36.5 Å². The lowest BCUT2D eigenvalue weighted by Crippen LogP contribution is -2.27. The van der Waals surface area contributed by atoms with E-state index in [0.29, 0.717) is 19.6 Å². The number of hydrogen-bond acceptors (Lipinski definition) is 4. The van der Waals surface area contributed by atoms with Gasteiger partial charge in [0.2, 0.25) is 0 Å². The number of carbonyl (C=O) groups is 1. The average Bonchev–Trinajstić information content (AvgIpc) is 3.28. The van der Waals surface area contributed by atoms with Gasteiger partial charge in [-0.25, -0.2) is 0 Å².